The summed E-state index contributed by atoms with van der Waals surface area (Å²) in [5, 5.41) is 0. The van der Waals surface area contributed by atoms with Gasteiger partial charge in [0.2, 0.25) is 0 Å². The largest absolute Gasteiger partial charge is 0.465 e. The highest BCUT2D eigenvalue weighted by Gasteiger charge is 2.17. The van der Waals surface area contributed by atoms with Crippen LogP contribution < -0.4 is 4.74 Å². The van der Waals surface area contributed by atoms with Gasteiger partial charge in [0.25, 0.3) is 0 Å². The van der Waals surface area contributed by atoms with Gasteiger partial charge < -0.3 is 14.2 Å². The Morgan fingerprint density at radius 2 is 2.29 bits per heavy atom. The Morgan fingerprint density at radius 3 is 3.00 bits per heavy atom. The van der Waals surface area contributed by atoms with Crippen molar-refractivity contribution in [1.29, 1.82) is 0 Å². The van der Waals surface area contributed by atoms with Crippen molar-refractivity contribution in [3.05, 3.63) is 28.7 Å². The molecule has 0 N–H and O–H groups in total. The first-order valence-corrected chi connectivity index (χ1v) is 6.72. The minimum absolute atomic E-state index is 0.120. The molecule has 3 nitrogen and oxygen atoms in total. The smallest absolute Gasteiger partial charge is 0.199 e. The first kappa shape index (κ1) is 12.9. The van der Waals surface area contributed by atoms with Crippen LogP contribution in [-0.4, -0.2) is 19.2 Å². The predicted octanol–water partition coefficient (Wildman–Crippen LogP) is 3.72. The van der Waals surface area contributed by atoms with Crippen molar-refractivity contribution in [1.82, 2.24) is 0 Å². The van der Waals surface area contributed by atoms with Gasteiger partial charge >= 0.3 is 0 Å². The molecule has 2 rings (SSSR count). The van der Waals surface area contributed by atoms with Gasteiger partial charge in [-0.1, -0.05) is 22.0 Å². The topological polar surface area (TPSA) is 27.7 Å². The monoisotopic (exact) mass is 300 g/mol. The number of benzene rings is 1. The van der Waals surface area contributed by atoms with E-state index in [1.54, 1.807) is 0 Å². The van der Waals surface area contributed by atoms with E-state index in [9.17, 15) is 0 Å². The number of rotatable bonds is 4. The summed E-state index contributed by atoms with van der Waals surface area (Å²) in [6.07, 6.45) is 2.82. The van der Waals surface area contributed by atoms with Gasteiger partial charge in [-0.2, -0.15) is 0 Å². The third kappa shape index (κ3) is 4.30. The van der Waals surface area contributed by atoms with Crippen molar-refractivity contribution in [2.75, 3.05) is 6.61 Å². The number of halogens is 1. The van der Waals surface area contributed by atoms with Crippen LogP contribution in [-0.2, 0) is 9.47 Å². The molecule has 0 bridgehead atoms. The summed E-state index contributed by atoms with van der Waals surface area (Å²) in [4.78, 5) is 0. The second-order valence-corrected chi connectivity index (χ2v) is 4.99. The average molecular weight is 301 g/mol. The molecule has 94 valence electrons. The maximum absolute atomic E-state index is 5.68. The molecule has 0 amide bonds. The molecule has 1 aliphatic rings. The minimum Gasteiger partial charge on any atom is -0.465 e. The maximum atomic E-state index is 5.68. The summed E-state index contributed by atoms with van der Waals surface area (Å²) in [5.74, 6) is 0.794. The van der Waals surface area contributed by atoms with Crippen LogP contribution in [0.4, 0.5) is 0 Å². The van der Waals surface area contributed by atoms with Crippen molar-refractivity contribution in [2.24, 2.45) is 0 Å². The summed E-state index contributed by atoms with van der Waals surface area (Å²) >= 11 is 3.41. The van der Waals surface area contributed by atoms with Crippen molar-refractivity contribution in [3.8, 4) is 5.75 Å². The Bertz CT molecular complexity index is 350. The lowest BCUT2D eigenvalue weighted by molar-refractivity contribution is -0.225. The molecule has 1 heterocycles. The lowest BCUT2D eigenvalue weighted by Crippen LogP contribution is -2.29. The van der Waals surface area contributed by atoms with Crippen molar-refractivity contribution in [3.63, 3.8) is 0 Å². The second kappa shape index (κ2) is 6.38. The second-order valence-electron chi connectivity index (χ2n) is 4.08. The van der Waals surface area contributed by atoms with E-state index in [1.807, 2.05) is 31.2 Å². The Labute approximate surface area is 110 Å². The number of ether oxygens (including phenoxy) is 3. The number of hydrogen-bond donors (Lipinski definition) is 0. The minimum atomic E-state index is -0.299. The fourth-order valence-corrected chi connectivity index (χ4v) is 2.17. The molecule has 0 saturated carbocycles. The molecule has 17 heavy (non-hydrogen) atoms. The van der Waals surface area contributed by atoms with Crippen LogP contribution in [0.5, 0.6) is 5.75 Å². The molecule has 1 saturated heterocycles. The maximum Gasteiger partial charge on any atom is 0.199 e. The van der Waals surface area contributed by atoms with Crippen LogP contribution in [0.2, 0.25) is 0 Å². The van der Waals surface area contributed by atoms with Crippen LogP contribution in [0.3, 0.4) is 0 Å². The zero-order valence-electron chi connectivity index (χ0n) is 9.90. The third-order valence-electron chi connectivity index (χ3n) is 2.58. The Morgan fingerprint density at radius 1 is 1.41 bits per heavy atom. The van der Waals surface area contributed by atoms with E-state index >= 15 is 0 Å². The van der Waals surface area contributed by atoms with Gasteiger partial charge in [-0.25, -0.2) is 0 Å². The highest BCUT2D eigenvalue weighted by molar-refractivity contribution is 9.10. The summed E-state index contributed by atoms with van der Waals surface area (Å²) in [6.45, 7) is 2.67. The van der Waals surface area contributed by atoms with Gasteiger partial charge in [0, 0.05) is 11.1 Å². The lowest BCUT2D eigenvalue weighted by atomic mass is 10.2. The Hall–Kier alpha value is -0.580. The molecular weight excluding hydrogens is 284 g/mol. The van der Waals surface area contributed by atoms with Gasteiger partial charge in [0.15, 0.2) is 12.6 Å². The van der Waals surface area contributed by atoms with E-state index in [2.05, 4.69) is 15.9 Å². The van der Waals surface area contributed by atoms with Gasteiger partial charge in [0.05, 0.1) is 0 Å². The van der Waals surface area contributed by atoms with Crippen molar-refractivity contribution in [2.45, 2.75) is 38.8 Å². The molecule has 0 radical (unpaired) electrons. The summed E-state index contributed by atoms with van der Waals surface area (Å²) in [5.41, 5.74) is 0. The standard InChI is InChI=1S/C13H17BrO3/c1-10(17-13-7-2-3-8-15-13)16-12-6-4-5-11(14)9-12/h4-6,9-10,13H,2-3,7-8H2,1H3. The predicted molar refractivity (Wildman–Crippen MR) is 68.9 cm³/mol. The molecular formula is C13H17BrO3. The average Bonchev–Trinajstić information content (AvgIpc) is 2.30. The van der Waals surface area contributed by atoms with E-state index in [4.69, 9.17) is 14.2 Å². The van der Waals surface area contributed by atoms with Gasteiger partial charge in [-0.05, 0) is 44.4 Å². The molecule has 0 aliphatic carbocycles. The fraction of sp³-hybridized carbons (Fsp3) is 0.538. The van der Waals surface area contributed by atoms with Gasteiger partial charge in [-0.15, -0.1) is 0 Å². The molecule has 0 spiro atoms. The third-order valence-corrected chi connectivity index (χ3v) is 3.07. The molecule has 1 fully saturated rings. The number of hydrogen-bond acceptors (Lipinski definition) is 3. The summed E-state index contributed by atoms with van der Waals surface area (Å²) in [6, 6.07) is 7.72. The molecule has 0 aromatic heterocycles. The SMILES string of the molecule is CC(Oc1cccc(Br)c1)OC1CCCCO1. The first-order valence-electron chi connectivity index (χ1n) is 5.93. The fourth-order valence-electron chi connectivity index (χ4n) is 1.79. The van der Waals surface area contributed by atoms with E-state index in [0.29, 0.717) is 0 Å². The zero-order chi connectivity index (χ0) is 12.1. The van der Waals surface area contributed by atoms with E-state index < -0.39 is 0 Å². The van der Waals surface area contributed by atoms with Crippen LogP contribution in [0.25, 0.3) is 0 Å². The zero-order valence-corrected chi connectivity index (χ0v) is 11.5. The summed E-state index contributed by atoms with van der Waals surface area (Å²) < 4.78 is 17.8. The van der Waals surface area contributed by atoms with E-state index in [0.717, 1.165) is 36.1 Å². The lowest BCUT2D eigenvalue weighted by Gasteiger charge is -2.26. The normalized spacial score (nSPS) is 22.1. The van der Waals surface area contributed by atoms with E-state index in [-0.39, 0.29) is 12.6 Å². The first-order chi connectivity index (χ1) is 8.24. The van der Waals surface area contributed by atoms with Gasteiger partial charge in [0.1, 0.15) is 5.75 Å². The van der Waals surface area contributed by atoms with Crippen molar-refractivity contribution < 1.29 is 14.2 Å². The van der Waals surface area contributed by atoms with Crippen LogP contribution >= 0.6 is 15.9 Å². The molecule has 1 aromatic carbocycles. The molecule has 4 heteroatoms. The van der Waals surface area contributed by atoms with Crippen LogP contribution in [0.1, 0.15) is 26.2 Å². The molecule has 1 aromatic rings. The van der Waals surface area contributed by atoms with Crippen LogP contribution in [0.15, 0.2) is 28.7 Å². The van der Waals surface area contributed by atoms with Gasteiger partial charge in [-0.3, -0.25) is 0 Å². The highest BCUT2D eigenvalue weighted by atomic mass is 79.9. The highest BCUT2D eigenvalue weighted by Crippen LogP contribution is 2.21. The van der Waals surface area contributed by atoms with E-state index in [1.165, 1.54) is 0 Å². The summed E-state index contributed by atoms with van der Waals surface area (Å²) in [7, 11) is 0. The molecule has 1 aliphatic heterocycles. The Kier molecular flexibility index (Phi) is 4.83. The molecule has 2 atom stereocenters. The quantitative estimate of drug-likeness (QED) is 0.793. The Balaban J connectivity index is 1.82. The van der Waals surface area contributed by atoms with Crippen LogP contribution in [0, 0.1) is 0 Å². The molecule has 2 unspecified atom stereocenters. The van der Waals surface area contributed by atoms with Crippen molar-refractivity contribution >= 4 is 15.9 Å².